The van der Waals surface area contributed by atoms with E-state index in [-0.39, 0.29) is 17.5 Å². The summed E-state index contributed by atoms with van der Waals surface area (Å²) in [6.07, 6.45) is 0. The zero-order valence-corrected chi connectivity index (χ0v) is 12.9. The van der Waals surface area contributed by atoms with Crippen LogP contribution in [0.1, 0.15) is 49.3 Å². The van der Waals surface area contributed by atoms with Gasteiger partial charge in [0, 0.05) is 10.4 Å². The number of amides is 1. The lowest BCUT2D eigenvalue weighted by molar-refractivity contribution is -0.121. The lowest BCUT2D eigenvalue weighted by atomic mass is 10.1. The number of carbonyl (C=O) groups excluding carboxylic acids is 1. The van der Waals surface area contributed by atoms with Crippen LogP contribution in [-0.4, -0.2) is 23.0 Å². The third-order valence-corrected chi connectivity index (χ3v) is 3.75. The van der Waals surface area contributed by atoms with Crippen LogP contribution >= 0.6 is 11.3 Å². The van der Waals surface area contributed by atoms with Gasteiger partial charge in [-0.05, 0) is 41.5 Å². The second-order valence-corrected chi connectivity index (χ2v) is 6.81. The van der Waals surface area contributed by atoms with Crippen LogP contribution in [0.15, 0.2) is 0 Å². The molecule has 1 rings (SSSR count). The molecule has 1 amide bonds. The lowest BCUT2D eigenvalue weighted by Crippen LogP contribution is -2.43. The Morgan fingerprint density at radius 2 is 2.00 bits per heavy atom. The molecule has 0 bridgehead atoms. The van der Waals surface area contributed by atoms with Crippen molar-refractivity contribution in [1.29, 1.82) is 0 Å². The molecule has 1 heterocycles. The average molecular weight is 269 g/mol. The number of rotatable bonds is 4. The maximum atomic E-state index is 11.8. The zero-order valence-electron chi connectivity index (χ0n) is 12.0. The molecule has 1 unspecified atom stereocenters. The fraction of sp³-hybridized carbons (Fsp3) is 0.692. The van der Waals surface area contributed by atoms with Crippen LogP contribution in [0.25, 0.3) is 0 Å². The summed E-state index contributed by atoms with van der Waals surface area (Å²) in [5.74, 6) is 0.0166. The van der Waals surface area contributed by atoms with Crippen molar-refractivity contribution in [2.24, 2.45) is 0 Å². The number of hydrogen-bond donors (Lipinski definition) is 2. The largest absolute Gasteiger partial charge is 0.348 e. The highest BCUT2D eigenvalue weighted by molar-refractivity contribution is 7.11. The number of thiazole rings is 1. The van der Waals surface area contributed by atoms with E-state index in [0.717, 1.165) is 15.6 Å². The topological polar surface area (TPSA) is 54.0 Å². The minimum Gasteiger partial charge on any atom is -0.348 e. The summed E-state index contributed by atoms with van der Waals surface area (Å²) in [6, 6.07) is 0.0190. The number of nitrogens with one attached hydrogen (secondary N) is 2. The molecule has 0 aliphatic rings. The van der Waals surface area contributed by atoms with Gasteiger partial charge >= 0.3 is 0 Å². The van der Waals surface area contributed by atoms with Gasteiger partial charge in [0.1, 0.15) is 0 Å². The molecule has 1 atom stereocenters. The Morgan fingerprint density at radius 3 is 2.44 bits per heavy atom. The van der Waals surface area contributed by atoms with Gasteiger partial charge in [-0.3, -0.25) is 4.79 Å². The number of carbonyl (C=O) groups is 1. The molecular formula is C13H23N3OS. The van der Waals surface area contributed by atoms with Crippen LogP contribution in [0.5, 0.6) is 0 Å². The highest BCUT2D eigenvalue weighted by Gasteiger charge is 2.16. The smallest absolute Gasteiger partial charge is 0.234 e. The van der Waals surface area contributed by atoms with Crippen molar-refractivity contribution in [2.45, 2.75) is 53.1 Å². The summed E-state index contributed by atoms with van der Waals surface area (Å²) in [5.41, 5.74) is 0.964. The monoisotopic (exact) mass is 269 g/mol. The van der Waals surface area contributed by atoms with E-state index in [2.05, 4.69) is 15.6 Å². The van der Waals surface area contributed by atoms with E-state index in [4.69, 9.17) is 0 Å². The number of aryl methyl sites for hydroxylation is 2. The van der Waals surface area contributed by atoms with Crippen molar-refractivity contribution in [1.82, 2.24) is 15.6 Å². The van der Waals surface area contributed by atoms with Gasteiger partial charge in [-0.25, -0.2) is 4.98 Å². The van der Waals surface area contributed by atoms with Crippen molar-refractivity contribution in [2.75, 3.05) is 6.54 Å². The number of hydrogen-bond acceptors (Lipinski definition) is 4. The van der Waals surface area contributed by atoms with E-state index in [0.29, 0.717) is 6.54 Å². The average Bonchev–Trinajstić information content (AvgIpc) is 2.54. The van der Waals surface area contributed by atoms with Gasteiger partial charge in [-0.15, -0.1) is 11.3 Å². The minimum absolute atomic E-state index is 0.0166. The molecule has 0 fully saturated rings. The van der Waals surface area contributed by atoms with E-state index in [1.165, 1.54) is 0 Å². The molecule has 5 heteroatoms. The molecule has 0 aliphatic carbocycles. The van der Waals surface area contributed by atoms with Crippen molar-refractivity contribution in [3.63, 3.8) is 0 Å². The summed E-state index contributed by atoms with van der Waals surface area (Å²) in [4.78, 5) is 17.3. The summed E-state index contributed by atoms with van der Waals surface area (Å²) in [7, 11) is 0. The van der Waals surface area contributed by atoms with Crippen LogP contribution < -0.4 is 10.6 Å². The van der Waals surface area contributed by atoms with Gasteiger partial charge < -0.3 is 10.6 Å². The van der Waals surface area contributed by atoms with Gasteiger partial charge in [0.2, 0.25) is 5.91 Å². The number of nitrogens with zero attached hydrogens (tertiary/aromatic N) is 1. The first-order valence-corrected chi connectivity index (χ1v) is 6.99. The van der Waals surface area contributed by atoms with Crippen molar-refractivity contribution in [3.05, 3.63) is 15.6 Å². The second kappa shape index (κ2) is 5.80. The predicted octanol–water partition coefficient (Wildman–Crippen LogP) is 2.33. The molecule has 0 saturated heterocycles. The first-order chi connectivity index (χ1) is 8.19. The Kier molecular flexibility index (Phi) is 4.87. The van der Waals surface area contributed by atoms with Gasteiger partial charge in [0.05, 0.1) is 23.3 Å². The number of aromatic nitrogens is 1. The summed E-state index contributed by atoms with van der Waals surface area (Å²) in [6.45, 7) is 12.4. The fourth-order valence-corrected chi connectivity index (χ4v) is 2.58. The van der Waals surface area contributed by atoms with Crippen LogP contribution in [0.4, 0.5) is 0 Å². The third-order valence-electron chi connectivity index (χ3n) is 2.49. The molecule has 0 aromatic carbocycles. The Hall–Kier alpha value is -0.940. The standard InChI is InChI=1S/C13H23N3OS/c1-8-12(18-10(3)15-8)9(2)16-11(17)7-14-13(4,5)6/h9,14H,7H2,1-6H3,(H,16,17). The van der Waals surface area contributed by atoms with Crippen LogP contribution in [-0.2, 0) is 4.79 Å². The fourth-order valence-electron chi connectivity index (χ4n) is 1.65. The zero-order chi connectivity index (χ0) is 13.9. The van der Waals surface area contributed by atoms with Crippen molar-refractivity contribution >= 4 is 17.2 Å². The lowest BCUT2D eigenvalue weighted by Gasteiger charge is -2.21. The molecule has 4 nitrogen and oxygen atoms in total. The molecule has 0 aliphatic heterocycles. The molecule has 0 spiro atoms. The summed E-state index contributed by atoms with van der Waals surface area (Å²) in [5, 5.41) is 7.20. The second-order valence-electron chi connectivity index (χ2n) is 5.58. The quantitative estimate of drug-likeness (QED) is 0.882. The van der Waals surface area contributed by atoms with Gasteiger partial charge in [-0.2, -0.15) is 0 Å². The van der Waals surface area contributed by atoms with E-state index < -0.39 is 0 Å². The normalized spacial score (nSPS) is 13.4. The van der Waals surface area contributed by atoms with Gasteiger partial charge in [0.25, 0.3) is 0 Å². The predicted molar refractivity (Wildman–Crippen MR) is 75.9 cm³/mol. The van der Waals surface area contributed by atoms with E-state index in [1.807, 2.05) is 41.5 Å². The Morgan fingerprint density at radius 1 is 1.39 bits per heavy atom. The van der Waals surface area contributed by atoms with Crippen LogP contribution in [0, 0.1) is 13.8 Å². The SMILES string of the molecule is Cc1nc(C)c(C(C)NC(=O)CNC(C)(C)C)s1. The van der Waals surface area contributed by atoms with E-state index >= 15 is 0 Å². The molecule has 0 saturated carbocycles. The van der Waals surface area contributed by atoms with E-state index in [1.54, 1.807) is 11.3 Å². The maximum absolute atomic E-state index is 11.8. The van der Waals surface area contributed by atoms with Gasteiger partial charge in [0.15, 0.2) is 0 Å². The molecule has 1 aromatic rings. The molecular weight excluding hydrogens is 246 g/mol. The molecule has 1 aromatic heterocycles. The molecule has 102 valence electrons. The Balaban J connectivity index is 2.52. The summed E-state index contributed by atoms with van der Waals surface area (Å²) >= 11 is 1.64. The van der Waals surface area contributed by atoms with Crippen LogP contribution in [0.3, 0.4) is 0 Å². The molecule has 18 heavy (non-hydrogen) atoms. The van der Waals surface area contributed by atoms with Gasteiger partial charge in [-0.1, -0.05) is 0 Å². The highest BCUT2D eigenvalue weighted by atomic mass is 32.1. The molecule has 2 N–H and O–H groups in total. The first-order valence-electron chi connectivity index (χ1n) is 6.17. The van der Waals surface area contributed by atoms with Crippen molar-refractivity contribution in [3.8, 4) is 0 Å². The Labute approximate surface area is 113 Å². The highest BCUT2D eigenvalue weighted by Crippen LogP contribution is 2.24. The van der Waals surface area contributed by atoms with Crippen LogP contribution in [0.2, 0.25) is 0 Å². The minimum atomic E-state index is -0.0441. The van der Waals surface area contributed by atoms with E-state index in [9.17, 15) is 4.79 Å². The first kappa shape index (κ1) is 15.1. The molecule has 0 radical (unpaired) electrons. The van der Waals surface area contributed by atoms with Crippen molar-refractivity contribution < 1.29 is 4.79 Å². The third kappa shape index (κ3) is 4.74. The Bertz CT molecular complexity index is 420. The maximum Gasteiger partial charge on any atom is 0.234 e. The summed E-state index contributed by atoms with van der Waals surface area (Å²) < 4.78 is 0.